The molecule has 0 rings (SSSR count). The molecular weight excluding hydrogens is 304 g/mol. The highest BCUT2D eigenvalue weighted by molar-refractivity contribution is 6.64. The number of hydrogen-bond donors (Lipinski definition) is 0. The number of rotatable bonds is 19. The molecule has 24 heavy (non-hydrogen) atoms. The molecular formula is C23H47Si. The fraction of sp³-hybridized carbons (Fsp3) is 0.913. The molecule has 0 nitrogen and oxygen atoms in total. The molecule has 0 aromatic rings. The highest BCUT2D eigenvalue weighted by Gasteiger charge is 2.06. The number of hydrogen-bond acceptors (Lipinski definition) is 0. The SMILES string of the molecule is CC=C[Si](CCCCCCCCCC)CCCCCCCCCC. The van der Waals surface area contributed by atoms with Gasteiger partial charge in [-0.1, -0.05) is 135 Å². The first-order valence-electron chi connectivity index (χ1n) is 11.3. The van der Waals surface area contributed by atoms with Crippen LogP contribution in [0.4, 0.5) is 0 Å². The first-order chi connectivity index (χ1) is 11.8. The molecule has 0 heterocycles. The zero-order valence-corrected chi connectivity index (χ0v) is 18.4. The van der Waals surface area contributed by atoms with Crippen LogP contribution < -0.4 is 0 Å². The van der Waals surface area contributed by atoms with E-state index < -0.39 is 0 Å². The van der Waals surface area contributed by atoms with E-state index >= 15 is 0 Å². The van der Waals surface area contributed by atoms with Crippen molar-refractivity contribution >= 4 is 8.80 Å². The van der Waals surface area contributed by atoms with Crippen LogP contribution >= 0.6 is 0 Å². The van der Waals surface area contributed by atoms with Crippen LogP contribution in [-0.4, -0.2) is 8.80 Å². The quantitative estimate of drug-likeness (QED) is 0.161. The average molecular weight is 352 g/mol. The van der Waals surface area contributed by atoms with Crippen LogP contribution in [0, 0.1) is 0 Å². The van der Waals surface area contributed by atoms with Gasteiger partial charge >= 0.3 is 0 Å². The first-order valence-corrected chi connectivity index (χ1v) is 13.3. The Morgan fingerprint density at radius 2 is 0.833 bits per heavy atom. The molecule has 0 unspecified atom stereocenters. The summed E-state index contributed by atoms with van der Waals surface area (Å²) < 4.78 is 0. The predicted octanol–water partition coefficient (Wildman–Crippen LogP) is 8.88. The number of unbranched alkanes of at least 4 members (excludes halogenated alkanes) is 14. The summed E-state index contributed by atoms with van der Waals surface area (Å²) in [4.78, 5) is 0. The van der Waals surface area contributed by atoms with E-state index in [-0.39, 0.29) is 8.80 Å². The molecule has 143 valence electrons. The molecule has 0 amide bonds. The van der Waals surface area contributed by atoms with E-state index in [9.17, 15) is 0 Å². The number of allylic oxidation sites excluding steroid dienone is 1. The summed E-state index contributed by atoms with van der Waals surface area (Å²) in [6.45, 7) is 6.82. The van der Waals surface area contributed by atoms with Crippen molar-refractivity contribution in [3.63, 3.8) is 0 Å². The van der Waals surface area contributed by atoms with Crippen LogP contribution in [0.25, 0.3) is 0 Å². The topological polar surface area (TPSA) is 0 Å². The van der Waals surface area contributed by atoms with Crippen LogP contribution in [-0.2, 0) is 0 Å². The summed E-state index contributed by atoms with van der Waals surface area (Å²) in [5.41, 5.74) is 2.58. The molecule has 0 N–H and O–H groups in total. The van der Waals surface area contributed by atoms with Gasteiger partial charge in [0.1, 0.15) is 0 Å². The third-order valence-corrected chi connectivity index (χ3v) is 7.90. The van der Waals surface area contributed by atoms with Crippen molar-refractivity contribution in [1.82, 2.24) is 0 Å². The smallest absolute Gasteiger partial charge is 0.0753 e. The van der Waals surface area contributed by atoms with Crippen LogP contribution in [0.3, 0.4) is 0 Å². The van der Waals surface area contributed by atoms with Crippen molar-refractivity contribution in [3.05, 3.63) is 11.8 Å². The lowest BCUT2D eigenvalue weighted by Crippen LogP contribution is -2.08. The van der Waals surface area contributed by atoms with Crippen molar-refractivity contribution in [3.8, 4) is 0 Å². The van der Waals surface area contributed by atoms with Gasteiger partial charge < -0.3 is 0 Å². The third-order valence-electron chi connectivity index (χ3n) is 5.11. The Bertz CT molecular complexity index is 226. The normalized spacial score (nSPS) is 11.8. The van der Waals surface area contributed by atoms with Crippen molar-refractivity contribution in [2.75, 3.05) is 0 Å². The van der Waals surface area contributed by atoms with Gasteiger partial charge in [0, 0.05) is 0 Å². The summed E-state index contributed by atoms with van der Waals surface area (Å²) in [5, 5.41) is 0. The van der Waals surface area contributed by atoms with Crippen molar-refractivity contribution in [1.29, 1.82) is 0 Å². The van der Waals surface area contributed by atoms with Crippen LogP contribution in [0.2, 0.25) is 12.1 Å². The molecule has 0 atom stereocenters. The first kappa shape index (κ1) is 24.0. The second-order valence-corrected chi connectivity index (χ2v) is 10.3. The molecule has 1 radical (unpaired) electrons. The van der Waals surface area contributed by atoms with Crippen molar-refractivity contribution in [2.45, 2.75) is 136 Å². The van der Waals surface area contributed by atoms with E-state index in [1.165, 1.54) is 115 Å². The van der Waals surface area contributed by atoms with Gasteiger partial charge in [0.15, 0.2) is 0 Å². The second-order valence-electron chi connectivity index (χ2n) is 7.61. The van der Waals surface area contributed by atoms with Gasteiger partial charge in [-0.15, -0.1) is 5.70 Å². The van der Waals surface area contributed by atoms with E-state index in [0.29, 0.717) is 0 Å². The summed E-state index contributed by atoms with van der Waals surface area (Å²) >= 11 is 0. The zero-order chi connectivity index (χ0) is 17.7. The minimum Gasteiger partial charge on any atom is -0.100 e. The van der Waals surface area contributed by atoms with Crippen LogP contribution in [0.1, 0.15) is 124 Å². The van der Waals surface area contributed by atoms with Crippen LogP contribution in [0.15, 0.2) is 11.8 Å². The molecule has 0 aromatic heterocycles. The molecule has 0 saturated heterocycles. The monoisotopic (exact) mass is 351 g/mol. The standard InChI is InChI=1S/C23H47Si/c1-4-7-9-11-13-15-17-19-22-24(21-6-3)23-20-18-16-14-12-10-8-5-2/h6,21H,4-5,7-20,22-23H2,1-3H3. The fourth-order valence-electron chi connectivity index (χ4n) is 3.50. The predicted molar refractivity (Wildman–Crippen MR) is 115 cm³/mol. The lowest BCUT2D eigenvalue weighted by molar-refractivity contribution is 0.581. The van der Waals surface area contributed by atoms with Gasteiger partial charge in [0.2, 0.25) is 0 Å². The Morgan fingerprint density at radius 3 is 1.17 bits per heavy atom. The molecule has 0 saturated carbocycles. The molecule has 0 fully saturated rings. The molecule has 0 aromatic carbocycles. The zero-order valence-electron chi connectivity index (χ0n) is 17.4. The average Bonchev–Trinajstić information content (AvgIpc) is 2.59. The largest absolute Gasteiger partial charge is 0.100 e. The lowest BCUT2D eigenvalue weighted by Gasteiger charge is -2.11. The Labute approximate surface area is 156 Å². The Balaban J connectivity index is 3.47. The highest BCUT2D eigenvalue weighted by atomic mass is 28.3. The van der Waals surface area contributed by atoms with Crippen molar-refractivity contribution < 1.29 is 0 Å². The molecule has 1 heteroatoms. The van der Waals surface area contributed by atoms with Gasteiger partial charge in [-0.25, -0.2) is 0 Å². The summed E-state index contributed by atoms with van der Waals surface area (Å²) in [6.07, 6.45) is 25.7. The van der Waals surface area contributed by atoms with Gasteiger partial charge in [-0.05, 0) is 6.92 Å². The maximum absolute atomic E-state index is 2.58. The third kappa shape index (κ3) is 18.3. The van der Waals surface area contributed by atoms with Crippen molar-refractivity contribution in [2.24, 2.45) is 0 Å². The lowest BCUT2D eigenvalue weighted by atomic mass is 10.1. The second kappa shape index (κ2) is 21.0. The fourth-order valence-corrected chi connectivity index (χ4v) is 5.96. The minimum atomic E-state index is -0.178. The summed E-state index contributed by atoms with van der Waals surface area (Å²) in [6, 6.07) is 3.06. The molecule has 0 bridgehead atoms. The summed E-state index contributed by atoms with van der Waals surface area (Å²) in [7, 11) is -0.178. The maximum Gasteiger partial charge on any atom is 0.0753 e. The molecule has 0 aliphatic rings. The Hall–Kier alpha value is -0.0431. The highest BCUT2D eigenvalue weighted by Crippen LogP contribution is 2.16. The molecule has 0 spiro atoms. The summed E-state index contributed by atoms with van der Waals surface area (Å²) in [5.74, 6) is 0. The van der Waals surface area contributed by atoms with E-state index in [0.717, 1.165) is 0 Å². The van der Waals surface area contributed by atoms with E-state index in [2.05, 4.69) is 32.5 Å². The molecule has 0 aliphatic carbocycles. The van der Waals surface area contributed by atoms with E-state index in [4.69, 9.17) is 0 Å². The minimum absolute atomic E-state index is 0.178. The molecule has 0 aliphatic heterocycles. The Kier molecular flexibility index (Phi) is 21.0. The van der Waals surface area contributed by atoms with Gasteiger partial charge in [-0.2, -0.15) is 0 Å². The Morgan fingerprint density at radius 1 is 0.500 bits per heavy atom. The maximum atomic E-state index is 2.58. The van der Waals surface area contributed by atoms with Gasteiger partial charge in [0.25, 0.3) is 0 Å². The van der Waals surface area contributed by atoms with Gasteiger partial charge in [0.05, 0.1) is 8.80 Å². The van der Waals surface area contributed by atoms with E-state index in [1.54, 1.807) is 0 Å². The van der Waals surface area contributed by atoms with E-state index in [1.807, 2.05) is 0 Å². The van der Waals surface area contributed by atoms with Gasteiger partial charge in [-0.3, -0.25) is 0 Å². The van der Waals surface area contributed by atoms with Crippen LogP contribution in [0.5, 0.6) is 0 Å².